The van der Waals surface area contributed by atoms with Crippen LogP contribution in [0.15, 0.2) is 61.2 Å². The van der Waals surface area contributed by atoms with E-state index in [4.69, 9.17) is 21.1 Å². The number of nitrogens with zero attached hydrogens (tertiary/aromatic N) is 3. The van der Waals surface area contributed by atoms with Crippen molar-refractivity contribution in [2.45, 2.75) is 87.5 Å². The molecule has 8 atom stereocenters. The zero-order chi connectivity index (χ0) is 40.1. The molecule has 8 rings (SSSR count). The van der Waals surface area contributed by atoms with Gasteiger partial charge in [0.2, 0.25) is 10.0 Å². The van der Waals surface area contributed by atoms with Crippen molar-refractivity contribution in [1.82, 2.24) is 14.5 Å². The Morgan fingerprint density at radius 3 is 2.72 bits per heavy atom. The fourth-order valence-corrected chi connectivity index (χ4v) is 12.4. The highest BCUT2D eigenvalue weighted by atomic mass is 35.5. The lowest BCUT2D eigenvalue weighted by Crippen LogP contribution is -2.62. The minimum atomic E-state index is -3.99. The van der Waals surface area contributed by atoms with Crippen LogP contribution < -0.4 is 14.4 Å². The van der Waals surface area contributed by atoms with Crippen molar-refractivity contribution < 1.29 is 27.5 Å². The van der Waals surface area contributed by atoms with Crippen LogP contribution in [0, 0.1) is 23.7 Å². The van der Waals surface area contributed by atoms with Gasteiger partial charge in [-0.15, -0.1) is 0 Å². The van der Waals surface area contributed by atoms with Gasteiger partial charge in [0.25, 0.3) is 5.91 Å². The van der Waals surface area contributed by atoms with E-state index in [1.165, 1.54) is 17.2 Å². The lowest BCUT2D eigenvalue weighted by Gasteiger charge is -2.53. The number of carbonyl (C=O) groups excluding carboxylic acids is 2. The van der Waals surface area contributed by atoms with Crippen LogP contribution in [0.2, 0.25) is 5.02 Å². The highest BCUT2D eigenvalue weighted by Crippen LogP contribution is 2.49. The van der Waals surface area contributed by atoms with E-state index in [-0.39, 0.29) is 29.0 Å². The van der Waals surface area contributed by atoms with E-state index in [1.54, 1.807) is 13.0 Å². The van der Waals surface area contributed by atoms with Gasteiger partial charge < -0.3 is 14.4 Å². The Hall–Kier alpha value is -3.22. The molecule has 1 unspecified atom stereocenters. The second-order valence-electron chi connectivity index (χ2n) is 17.9. The van der Waals surface area contributed by atoms with Crippen molar-refractivity contribution in [2.24, 2.45) is 23.7 Å². The zero-order valence-electron chi connectivity index (χ0n) is 33.8. The molecule has 2 saturated heterocycles. The third-order valence-corrected chi connectivity index (χ3v) is 16.8. The molecular weight excluding hydrogens is 760 g/mol. The Labute approximate surface area is 344 Å². The maximum absolute atomic E-state index is 13.7. The number of benzene rings is 2. The molecule has 0 radical (unpaired) electrons. The van der Waals surface area contributed by atoms with Crippen LogP contribution in [0.5, 0.6) is 5.75 Å². The number of allylic oxidation sites excluding steroid dienone is 2. The number of amides is 1. The fourth-order valence-electron chi connectivity index (χ4n) is 11.0. The van der Waals surface area contributed by atoms with Gasteiger partial charge in [0.05, 0.1) is 17.5 Å². The number of anilines is 1. The highest BCUT2D eigenvalue weighted by molar-refractivity contribution is 7.90. The lowest BCUT2D eigenvalue weighted by molar-refractivity contribution is -0.122. The second kappa shape index (κ2) is 16.1. The number of halogens is 1. The molecule has 6 aliphatic rings. The number of carbonyl (C=O) groups is 2. The first-order chi connectivity index (χ1) is 27.3. The molecule has 2 aromatic rings. The smallest absolute Gasteiger partial charge is 0.264 e. The van der Waals surface area contributed by atoms with Crippen LogP contribution in [0.4, 0.5) is 5.69 Å². The Morgan fingerprint density at radius 1 is 1.11 bits per heavy atom. The summed E-state index contributed by atoms with van der Waals surface area (Å²) in [6.07, 6.45) is 13.1. The van der Waals surface area contributed by atoms with E-state index in [9.17, 15) is 18.0 Å². The standard InChI is InChI=1S/C45H59ClN4O6S/c1-5-41(51)33-16-19-49-21-20-48(26-37(49)23-33)28-45(55-4)18-6-8-30(2)31(3)57(53,54)47-43(52)34-11-15-42-40(24-34)50(25-35-10-13-39(35)45)27-44(29-56-42)17-7-9-32-22-36(46)12-14-38(32)44/h5-6,11-12,14-15,18,22,24,30-31,33,35,37,39H,1,7-10,13,16-17,19-21,23,25-29H2,2-4H3,(H,47,52)/b18-6+/t30-,31+,33?,35-,37+,39+,44-,45+/m0/s1. The summed E-state index contributed by atoms with van der Waals surface area (Å²) in [5.74, 6) is 0.487. The van der Waals surface area contributed by atoms with Gasteiger partial charge in [-0.2, -0.15) is 0 Å². The molecule has 2 aliphatic carbocycles. The molecule has 1 saturated carbocycles. The van der Waals surface area contributed by atoms with Crippen molar-refractivity contribution >= 4 is 39.0 Å². The summed E-state index contributed by atoms with van der Waals surface area (Å²) in [7, 11) is -2.16. The van der Waals surface area contributed by atoms with Crippen molar-refractivity contribution in [3.63, 3.8) is 0 Å². The van der Waals surface area contributed by atoms with Gasteiger partial charge in [-0.3, -0.25) is 19.4 Å². The predicted molar refractivity (Wildman–Crippen MR) is 225 cm³/mol. The van der Waals surface area contributed by atoms with Gasteiger partial charge in [-0.05, 0) is 130 Å². The maximum atomic E-state index is 13.7. The molecular formula is C45H59ClN4O6S. The van der Waals surface area contributed by atoms with E-state index >= 15 is 0 Å². The van der Waals surface area contributed by atoms with Crippen LogP contribution in [0.3, 0.4) is 0 Å². The third-order valence-electron chi connectivity index (χ3n) is 14.7. The third kappa shape index (κ3) is 7.84. The summed E-state index contributed by atoms with van der Waals surface area (Å²) >= 11 is 6.52. The minimum absolute atomic E-state index is 0.0283. The monoisotopic (exact) mass is 818 g/mol. The number of piperidine rings is 1. The van der Waals surface area contributed by atoms with Crippen LogP contribution in [0.25, 0.3) is 0 Å². The first kappa shape index (κ1) is 40.6. The van der Waals surface area contributed by atoms with E-state index in [0.29, 0.717) is 49.4 Å². The normalized spacial score (nSPS) is 34.9. The lowest BCUT2D eigenvalue weighted by atomic mass is 9.63. The van der Waals surface area contributed by atoms with Gasteiger partial charge in [0.15, 0.2) is 5.78 Å². The number of hydrogen-bond donors (Lipinski definition) is 1. The topological polar surface area (TPSA) is 108 Å². The number of nitrogens with one attached hydrogen (secondary N) is 1. The van der Waals surface area contributed by atoms with Crippen LogP contribution in [-0.4, -0.2) is 106 Å². The summed E-state index contributed by atoms with van der Waals surface area (Å²) in [6, 6.07) is 11.9. The number of ketones is 1. The van der Waals surface area contributed by atoms with Crippen molar-refractivity contribution in [3.05, 3.63) is 82.9 Å². The van der Waals surface area contributed by atoms with E-state index in [0.717, 1.165) is 88.4 Å². The maximum Gasteiger partial charge on any atom is 0.264 e. The fraction of sp³-hybridized carbons (Fsp3) is 0.600. The number of ether oxygens (including phenoxy) is 2. The number of rotatable bonds is 5. The number of sulfonamides is 1. The summed E-state index contributed by atoms with van der Waals surface area (Å²) in [5.41, 5.74) is 2.73. The SMILES string of the molecule is C=CC(=O)C1CCN2CCN(C[C@]3(OC)/C=C/C[C@H](C)[C@@H](C)S(=O)(=O)NC(=O)c4ccc5c(c4)N(C[C@@H]4CC[C@H]43)C[C@@]3(CCCc4cc(Cl)ccc43)CO5)C[C@H]2C1. The summed E-state index contributed by atoms with van der Waals surface area (Å²) in [6.45, 7) is 13.7. The Morgan fingerprint density at radius 2 is 1.95 bits per heavy atom. The molecule has 3 fully saturated rings. The van der Waals surface area contributed by atoms with Crippen molar-refractivity contribution in [1.29, 1.82) is 0 Å². The first-order valence-corrected chi connectivity index (χ1v) is 23.0. The summed E-state index contributed by atoms with van der Waals surface area (Å²) in [4.78, 5) is 33.9. The Balaban J connectivity index is 1.16. The zero-order valence-corrected chi connectivity index (χ0v) is 35.3. The quantitative estimate of drug-likeness (QED) is 0.270. The Bertz CT molecular complexity index is 2030. The van der Waals surface area contributed by atoms with Gasteiger partial charge in [-0.25, -0.2) is 13.1 Å². The average molecular weight is 820 g/mol. The summed E-state index contributed by atoms with van der Waals surface area (Å²) in [5, 5.41) is -0.0717. The molecule has 12 heteroatoms. The largest absolute Gasteiger partial charge is 0.490 e. The molecule has 2 aromatic carbocycles. The minimum Gasteiger partial charge on any atom is -0.490 e. The van der Waals surface area contributed by atoms with E-state index in [2.05, 4.69) is 50.3 Å². The van der Waals surface area contributed by atoms with Gasteiger partial charge >= 0.3 is 0 Å². The van der Waals surface area contributed by atoms with Gasteiger partial charge in [0.1, 0.15) is 11.4 Å². The number of hydrogen-bond acceptors (Lipinski definition) is 9. The van der Waals surface area contributed by atoms with E-state index in [1.807, 2.05) is 32.2 Å². The number of piperazine rings is 1. The van der Waals surface area contributed by atoms with Crippen LogP contribution >= 0.6 is 11.6 Å². The van der Waals surface area contributed by atoms with Crippen LogP contribution in [-0.2, 0) is 31.4 Å². The molecule has 308 valence electrons. The van der Waals surface area contributed by atoms with Crippen molar-refractivity contribution in [3.8, 4) is 5.75 Å². The average Bonchev–Trinajstić information content (AvgIpc) is 3.34. The molecule has 2 bridgehead atoms. The second-order valence-corrected chi connectivity index (χ2v) is 20.4. The van der Waals surface area contributed by atoms with Crippen molar-refractivity contribution in [2.75, 3.05) is 64.4 Å². The van der Waals surface area contributed by atoms with E-state index < -0.39 is 26.8 Å². The Kier molecular flexibility index (Phi) is 11.4. The highest BCUT2D eigenvalue weighted by Gasteiger charge is 2.50. The molecule has 1 spiro atoms. The summed E-state index contributed by atoms with van der Waals surface area (Å²) < 4.78 is 43.3. The first-order valence-electron chi connectivity index (χ1n) is 21.1. The molecule has 10 nitrogen and oxygen atoms in total. The van der Waals surface area contributed by atoms with Crippen LogP contribution in [0.1, 0.15) is 80.3 Å². The number of methoxy groups -OCH3 is 1. The van der Waals surface area contributed by atoms with Gasteiger partial charge in [-0.1, -0.05) is 43.3 Å². The molecule has 4 heterocycles. The predicted octanol–water partition coefficient (Wildman–Crippen LogP) is 6.42. The molecule has 0 aromatic heterocycles. The number of fused-ring (bicyclic) bond motifs is 5. The van der Waals surface area contributed by atoms with Gasteiger partial charge in [0, 0.05) is 74.3 Å². The molecule has 1 N–H and O–H groups in total. The number of aryl methyl sites for hydroxylation is 1. The molecule has 1 amide bonds. The molecule has 57 heavy (non-hydrogen) atoms. The molecule has 4 aliphatic heterocycles.